The summed E-state index contributed by atoms with van der Waals surface area (Å²) in [6, 6.07) is 66.4. The lowest BCUT2D eigenvalue weighted by molar-refractivity contribution is 1.13. The summed E-state index contributed by atoms with van der Waals surface area (Å²) in [5, 5.41) is 3.34. The van der Waals surface area contributed by atoms with Gasteiger partial charge in [0.2, 0.25) is 0 Å². The fourth-order valence-corrected chi connectivity index (χ4v) is 7.05. The third-order valence-electron chi connectivity index (χ3n) is 9.44. The largest absolute Gasteiger partial charge is 0.309 e. The van der Waals surface area contributed by atoms with E-state index in [1.165, 1.54) is 5.39 Å². The van der Waals surface area contributed by atoms with Crippen LogP contribution in [0.5, 0.6) is 0 Å². The maximum Gasteiger partial charge on any atom is 0.0646 e. The van der Waals surface area contributed by atoms with Crippen molar-refractivity contribution in [1.82, 2.24) is 9.55 Å². The molecule has 0 bridgehead atoms. The zero-order valence-corrected chi connectivity index (χ0v) is 28.4. The molecule has 7 aromatic carbocycles. The van der Waals surface area contributed by atoms with Crippen LogP contribution in [0, 0.1) is 0 Å². The van der Waals surface area contributed by atoms with Crippen LogP contribution < -0.4 is 4.90 Å². The third-order valence-corrected chi connectivity index (χ3v) is 9.44. The molecule has 0 aliphatic carbocycles. The lowest BCUT2D eigenvalue weighted by atomic mass is 9.97. The Morgan fingerprint density at radius 3 is 1.85 bits per heavy atom. The molecule has 9 rings (SSSR count). The molecular formula is C49H35N3. The molecule has 0 saturated heterocycles. The topological polar surface area (TPSA) is 21.1 Å². The van der Waals surface area contributed by atoms with Crippen LogP contribution in [0.25, 0.3) is 61.9 Å². The van der Waals surface area contributed by atoms with E-state index < -0.39 is 0 Å². The van der Waals surface area contributed by atoms with E-state index in [4.69, 9.17) is 4.98 Å². The highest BCUT2D eigenvalue weighted by molar-refractivity contribution is 6.06. The monoisotopic (exact) mass is 667 g/mol. The first-order valence-electron chi connectivity index (χ1n) is 18.5. The highest BCUT2D eigenvalue weighted by Gasteiger charge is 2.21. The second kappa shape index (κ2) is 13.7. The van der Waals surface area contributed by atoms with Gasteiger partial charge in [0, 0.05) is 28.0 Å². The highest BCUT2D eigenvalue weighted by Crippen LogP contribution is 2.43. The Hall–Kier alpha value is -6.97. The van der Waals surface area contributed by atoms with Crippen molar-refractivity contribution in [2.45, 2.75) is 0 Å². The fourth-order valence-electron chi connectivity index (χ4n) is 7.05. The highest BCUT2D eigenvalue weighted by atomic mass is 15.1. The van der Waals surface area contributed by atoms with Gasteiger partial charge in [-0.25, -0.2) is 0 Å². The van der Waals surface area contributed by atoms with E-state index in [1.54, 1.807) is 6.20 Å². The molecule has 0 saturated carbocycles. The number of nitrogens with zero attached hydrogens (tertiary/aromatic N) is 3. The van der Waals surface area contributed by atoms with Crippen molar-refractivity contribution in [2.75, 3.05) is 4.90 Å². The predicted molar refractivity (Wildman–Crippen MR) is 220 cm³/mol. The van der Waals surface area contributed by atoms with Gasteiger partial charge < -0.3 is 9.47 Å². The molecule has 0 aliphatic heterocycles. The Morgan fingerprint density at radius 2 is 1.13 bits per heavy atom. The molecule has 3 heteroatoms. The maximum atomic E-state index is 9.31. The van der Waals surface area contributed by atoms with Crippen LogP contribution in [0.1, 0.15) is 14.0 Å². The lowest BCUT2D eigenvalue weighted by Crippen LogP contribution is -2.10. The van der Waals surface area contributed by atoms with E-state index in [2.05, 4.69) is 149 Å². The standard InChI is InChI=1S/C49H35N3/c1-5-16-38(17-6-1)48-46-33-36(26-32-47(46)52(43-23-11-4-12-24-43)49(48)39-18-7-2-8-19-39)25-28-41-29-31-45(35-50-41)51(42-21-9-3-10-22-42)44-30-27-37-15-13-14-20-40(37)34-44/h1-35H/b28-25+/i25D,28D. The van der Waals surface area contributed by atoms with Crippen LogP contribution in [-0.2, 0) is 0 Å². The molecule has 0 amide bonds. The number of benzene rings is 7. The molecule has 2 aromatic heterocycles. The normalized spacial score (nSPS) is 12.3. The average Bonchev–Trinajstić information content (AvgIpc) is 3.59. The molecule has 3 nitrogen and oxygen atoms in total. The van der Waals surface area contributed by atoms with Crippen LogP contribution in [0.4, 0.5) is 17.1 Å². The van der Waals surface area contributed by atoms with Crippen LogP contribution in [0.3, 0.4) is 0 Å². The van der Waals surface area contributed by atoms with Crippen molar-refractivity contribution < 1.29 is 2.74 Å². The van der Waals surface area contributed by atoms with Crippen LogP contribution >= 0.6 is 0 Å². The number of anilines is 3. The van der Waals surface area contributed by atoms with Crippen molar-refractivity contribution in [3.05, 3.63) is 212 Å². The van der Waals surface area contributed by atoms with Gasteiger partial charge >= 0.3 is 0 Å². The zero-order valence-electron chi connectivity index (χ0n) is 30.4. The van der Waals surface area contributed by atoms with Crippen LogP contribution in [0.2, 0.25) is 0 Å². The number of hydrogen-bond donors (Lipinski definition) is 0. The number of rotatable bonds is 8. The fraction of sp³-hybridized carbons (Fsp3) is 0. The minimum Gasteiger partial charge on any atom is -0.309 e. The summed E-state index contributed by atoms with van der Waals surface area (Å²) in [4.78, 5) is 6.94. The first-order chi connectivity index (χ1) is 26.6. The van der Waals surface area contributed by atoms with E-state index in [1.807, 2.05) is 54.6 Å². The van der Waals surface area contributed by atoms with Crippen LogP contribution in [-0.4, -0.2) is 9.55 Å². The average molecular weight is 668 g/mol. The van der Waals surface area contributed by atoms with E-state index in [0.717, 1.165) is 61.4 Å². The Labute approximate surface area is 306 Å². The number of hydrogen-bond acceptors (Lipinski definition) is 2. The maximum absolute atomic E-state index is 9.31. The Bertz CT molecular complexity index is 2760. The number of para-hydroxylation sites is 2. The van der Waals surface area contributed by atoms with Gasteiger partial charge in [-0.05, 0) is 94.2 Å². The number of pyridine rings is 1. The second-order valence-corrected chi connectivity index (χ2v) is 12.7. The van der Waals surface area contributed by atoms with Crippen molar-refractivity contribution in [3.63, 3.8) is 0 Å². The van der Waals surface area contributed by atoms with Gasteiger partial charge in [-0.1, -0.05) is 140 Å². The predicted octanol–water partition coefficient (Wildman–Crippen LogP) is 13.2. The van der Waals surface area contributed by atoms with Gasteiger partial charge in [0.05, 0.1) is 31.5 Å². The molecule has 0 spiro atoms. The number of aromatic nitrogens is 2. The minimum absolute atomic E-state index is 0.0601. The summed E-state index contributed by atoms with van der Waals surface area (Å²) in [6.45, 7) is 0. The number of fused-ring (bicyclic) bond motifs is 2. The summed E-state index contributed by atoms with van der Waals surface area (Å²) in [6.07, 6.45) is 1.79. The second-order valence-electron chi connectivity index (χ2n) is 12.7. The van der Waals surface area contributed by atoms with Gasteiger partial charge in [0.15, 0.2) is 0 Å². The first kappa shape index (κ1) is 28.8. The summed E-state index contributed by atoms with van der Waals surface area (Å²) in [7, 11) is 0. The molecule has 0 unspecified atom stereocenters. The SMILES string of the molecule is [2H]/C(=C(/[2H])c1ccc(N(c2ccccc2)c2ccc3ccccc3c2)cn1)c1ccc2c(c1)c(-c1ccccc1)c(-c1ccccc1)n2-c1ccccc1. The van der Waals surface area contributed by atoms with E-state index in [9.17, 15) is 2.74 Å². The smallest absolute Gasteiger partial charge is 0.0646 e. The summed E-state index contributed by atoms with van der Waals surface area (Å²) in [5.41, 5.74) is 10.4. The first-order valence-corrected chi connectivity index (χ1v) is 17.5. The summed E-state index contributed by atoms with van der Waals surface area (Å²) >= 11 is 0. The molecule has 0 N–H and O–H groups in total. The van der Waals surface area contributed by atoms with Crippen molar-refractivity contribution in [3.8, 4) is 28.1 Å². The van der Waals surface area contributed by atoms with Gasteiger partial charge in [-0.3, -0.25) is 4.98 Å². The third kappa shape index (κ3) is 5.95. The molecule has 0 atom stereocenters. The molecule has 2 heterocycles. The molecular weight excluding hydrogens is 631 g/mol. The summed E-state index contributed by atoms with van der Waals surface area (Å²) in [5.74, 6) is 0. The van der Waals surface area contributed by atoms with Crippen LogP contribution in [0.15, 0.2) is 200 Å². The molecule has 0 fully saturated rings. The Balaban J connectivity index is 1.16. The van der Waals surface area contributed by atoms with Gasteiger partial charge in [-0.2, -0.15) is 0 Å². The molecule has 0 radical (unpaired) electrons. The van der Waals surface area contributed by atoms with E-state index in [-0.39, 0.29) is 12.1 Å². The van der Waals surface area contributed by atoms with E-state index in [0.29, 0.717) is 11.3 Å². The Morgan fingerprint density at radius 1 is 0.500 bits per heavy atom. The molecule has 0 aliphatic rings. The molecule has 9 aromatic rings. The molecule has 246 valence electrons. The zero-order chi connectivity index (χ0) is 36.4. The quantitative estimate of drug-likeness (QED) is 0.161. The van der Waals surface area contributed by atoms with Gasteiger partial charge in [0.25, 0.3) is 0 Å². The van der Waals surface area contributed by atoms with Gasteiger partial charge in [-0.15, -0.1) is 0 Å². The van der Waals surface area contributed by atoms with Crippen molar-refractivity contribution in [2.24, 2.45) is 0 Å². The van der Waals surface area contributed by atoms with Crippen molar-refractivity contribution in [1.29, 1.82) is 0 Å². The molecule has 52 heavy (non-hydrogen) atoms. The Kier molecular flexibility index (Phi) is 7.62. The van der Waals surface area contributed by atoms with Gasteiger partial charge in [0.1, 0.15) is 0 Å². The van der Waals surface area contributed by atoms with E-state index >= 15 is 0 Å². The summed E-state index contributed by atoms with van der Waals surface area (Å²) < 4.78 is 20.8. The minimum atomic E-state index is 0.0601. The van der Waals surface area contributed by atoms with Crippen molar-refractivity contribution >= 4 is 50.8 Å². The lowest BCUT2D eigenvalue weighted by Gasteiger charge is -2.25.